The first kappa shape index (κ1) is 16.1. The van der Waals surface area contributed by atoms with E-state index in [2.05, 4.69) is 10.1 Å². The van der Waals surface area contributed by atoms with Crippen molar-refractivity contribution in [2.45, 2.75) is 38.8 Å². The van der Waals surface area contributed by atoms with Gasteiger partial charge in [-0.3, -0.25) is 0 Å². The van der Waals surface area contributed by atoms with Crippen molar-refractivity contribution in [1.29, 1.82) is 0 Å². The minimum atomic E-state index is -4.69. The topological polar surface area (TPSA) is 30.5 Å². The average Bonchev–Trinajstić information content (AvgIpc) is 2.81. The number of para-hydroxylation sites is 1. The van der Waals surface area contributed by atoms with Gasteiger partial charge in [-0.25, -0.2) is 0 Å². The molecule has 0 amide bonds. The maximum Gasteiger partial charge on any atom is 0.573 e. The summed E-state index contributed by atoms with van der Waals surface area (Å²) in [4.78, 5) is 0. The zero-order valence-corrected chi connectivity index (χ0v) is 12.1. The minimum absolute atomic E-state index is 0.00740. The van der Waals surface area contributed by atoms with Gasteiger partial charge in [0.2, 0.25) is 0 Å². The van der Waals surface area contributed by atoms with Crippen LogP contribution in [0.2, 0.25) is 0 Å². The van der Waals surface area contributed by atoms with Crippen molar-refractivity contribution in [2.24, 2.45) is 5.92 Å². The van der Waals surface area contributed by atoms with Gasteiger partial charge in [0.25, 0.3) is 0 Å². The Morgan fingerprint density at radius 3 is 2.67 bits per heavy atom. The Morgan fingerprint density at radius 2 is 2.10 bits per heavy atom. The number of hydrogen-bond acceptors (Lipinski definition) is 3. The molecule has 1 saturated heterocycles. The van der Waals surface area contributed by atoms with Crippen molar-refractivity contribution in [1.82, 2.24) is 5.32 Å². The lowest BCUT2D eigenvalue weighted by atomic mass is 9.87. The van der Waals surface area contributed by atoms with Crippen LogP contribution in [0.15, 0.2) is 24.3 Å². The maximum atomic E-state index is 12.6. The van der Waals surface area contributed by atoms with Crippen molar-refractivity contribution in [3.8, 4) is 5.75 Å². The fraction of sp³-hybridized carbons (Fsp3) is 0.600. The molecule has 1 fully saturated rings. The molecule has 3 atom stereocenters. The third-order valence-electron chi connectivity index (χ3n) is 3.77. The van der Waals surface area contributed by atoms with Crippen molar-refractivity contribution < 1.29 is 22.6 Å². The molecule has 0 aromatic heterocycles. The maximum absolute atomic E-state index is 12.6. The molecule has 3 nitrogen and oxygen atoms in total. The average molecular weight is 303 g/mol. The summed E-state index contributed by atoms with van der Waals surface area (Å²) in [5.41, 5.74) is 0.527. The summed E-state index contributed by atoms with van der Waals surface area (Å²) >= 11 is 0. The lowest BCUT2D eigenvalue weighted by molar-refractivity contribution is -0.275. The molecule has 118 valence electrons. The van der Waals surface area contributed by atoms with E-state index in [1.54, 1.807) is 18.2 Å². The highest BCUT2D eigenvalue weighted by atomic mass is 19.4. The van der Waals surface area contributed by atoms with Crippen LogP contribution in [0.1, 0.15) is 31.9 Å². The predicted molar refractivity (Wildman–Crippen MR) is 73.1 cm³/mol. The van der Waals surface area contributed by atoms with Crippen LogP contribution in [0.4, 0.5) is 13.2 Å². The number of rotatable bonds is 5. The molecular weight excluding hydrogens is 283 g/mol. The zero-order chi connectivity index (χ0) is 15.5. The second-order valence-corrected chi connectivity index (χ2v) is 5.15. The molecule has 1 aliphatic rings. The van der Waals surface area contributed by atoms with Gasteiger partial charge in [0.1, 0.15) is 5.75 Å². The Hall–Kier alpha value is -1.27. The highest BCUT2D eigenvalue weighted by Crippen LogP contribution is 2.38. The van der Waals surface area contributed by atoms with E-state index in [0.29, 0.717) is 18.7 Å². The quantitative estimate of drug-likeness (QED) is 0.900. The molecule has 1 aliphatic heterocycles. The van der Waals surface area contributed by atoms with Gasteiger partial charge in [0, 0.05) is 24.1 Å². The van der Waals surface area contributed by atoms with Crippen LogP contribution < -0.4 is 10.1 Å². The monoisotopic (exact) mass is 303 g/mol. The molecular formula is C15H20F3NO2. The molecule has 2 rings (SSSR count). The van der Waals surface area contributed by atoms with E-state index >= 15 is 0 Å². The molecule has 21 heavy (non-hydrogen) atoms. The van der Waals surface area contributed by atoms with Crippen molar-refractivity contribution in [3.63, 3.8) is 0 Å². The van der Waals surface area contributed by atoms with E-state index in [9.17, 15) is 13.2 Å². The van der Waals surface area contributed by atoms with Gasteiger partial charge in [-0.05, 0) is 26.0 Å². The van der Waals surface area contributed by atoms with E-state index in [1.165, 1.54) is 6.07 Å². The molecule has 3 unspecified atom stereocenters. The first-order valence-corrected chi connectivity index (χ1v) is 7.12. The molecule has 0 bridgehead atoms. The molecule has 1 N–H and O–H groups in total. The second-order valence-electron chi connectivity index (χ2n) is 5.15. The van der Waals surface area contributed by atoms with E-state index in [4.69, 9.17) is 4.74 Å². The predicted octanol–water partition coefficient (Wildman–Crippen LogP) is 3.66. The molecule has 0 aliphatic carbocycles. The third-order valence-corrected chi connectivity index (χ3v) is 3.77. The highest BCUT2D eigenvalue weighted by molar-refractivity contribution is 5.37. The molecule has 1 aromatic rings. The van der Waals surface area contributed by atoms with E-state index in [-0.39, 0.29) is 23.8 Å². The number of halogens is 3. The fourth-order valence-corrected chi connectivity index (χ4v) is 2.85. The van der Waals surface area contributed by atoms with Crippen LogP contribution in [-0.4, -0.2) is 25.6 Å². The molecule has 1 heterocycles. The van der Waals surface area contributed by atoms with Gasteiger partial charge in [0.15, 0.2) is 0 Å². The van der Waals surface area contributed by atoms with Gasteiger partial charge < -0.3 is 14.8 Å². The standard InChI is InChI=1S/C15H20F3NO2/c1-3-19-14(11-8-9-20-10(11)2)12-6-4-5-7-13(12)21-15(16,17)18/h4-7,10-11,14,19H,3,8-9H2,1-2H3. The van der Waals surface area contributed by atoms with Crippen LogP contribution in [-0.2, 0) is 4.74 Å². The largest absolute Gasteiger partial charge is 0.573 e. The number of ether oxygens (including phenoxy) is 2. The molecule has 0 saturated carbocycles. The summed E-state index contributed by atoms with van der Waals surface area (Å²) in [6, 6.07) is 6.09. The Labute approximate surface area is 122 Å². The Kier molecular flexibility index (Phi) is 5.11. The first-order valence-electron chi connectivity index (χ1n) is 7.12. The molecule has 6 heteroatoms. The van der Waals surface area contributed by atoms with Crippen LogP contribution >= 0.6 is 0 Å². The van der Waals surface area contributed by atoms with Gasteiger partial charge in [0.05, 0.1) is 6.10 Å². The normalized spacial score (nSPS) is 24.0. The SMILES string of the molecule is CCNC(c1ccccc1OC(F)(F)F)C1CCOC1C. The summed E-state index contributed by atoms with van der Waals surface area (Å²) in [5.74, 6) is -0.0158. The second kappa shape index (κ2) is 6.66. The van der Waals surface area contributed by atoms with Crippen LogP contribution in [0.3, 0.4) is 0 Å². The highest BCUT2D eigenvalue weighted by Gasteiger charge is 2.37. The van der Waals surface area contributed by atoms with Crippen molar-refractivity contribution in [3.05, 3.63) is 29.8 Å². The number of alkyl halides is 3. The third kappa shape index (κ3) is 4.11. The van der Waals surface area contributed by atoms with E-state index in [0.717, 1.165) is 6.42 Å². The Morgan fingerprint density at radius 1 is 1.38 bits per heavy atom. The minimum Gasteiger partial charge on any atom is -0.405 e. The summed E-state index contributed by atoms with van der Waals surface area (Å²) < 4.78 is 47.4. The van der Waals surface area contributed by atoms with E-state index in [1.807, 2.05) is 13.8 Å². The first-order chi connectivity index (χ1) is 9.92. The number of benzene rings is 1. The van der Waals surface area contributed by atoms with E-state index < -0.39 is 6.36 Å². The Bertz CT molecular complexity index is 464. The summed E-state index contributed by atoms with van der Waals surface area (Å²) in [6.07, 6.45) is -3.86. The summed E-state index contributed by atoms with van der Waals surface area (Å²) in [6.45, 7) is 5.18. The number of hydrogen-bond donors (Lipinski definition) is 1. The van der Waals surface area contributed by atoms with Gasteiger partial charge >= 0.3 is 6.36 Å². The zero-order valence-electron chi connectivity index (χ0n) is 12.1. The molecule has 0 radical (unpaired) electrons. The lowest BCUT2D eigenvalue weighted by Gasteiger charge is -2.28. The molecule has 1 aromatic carbocycles. The summed E-state index contributed by atoms with van der Waals surface area (Å²) in [7, 11) is 0. The van der Waals surface area contributed by atoms with Crippen LogP contribution in [0.5, 0.6) is 5.75 Å². The Balaban J connectivity index is 2.31. The summed E-state index contributed by atoms with van der Waals surface area (Å²) in [5, 5.41) is 3.27. The van der Waals surface area contributed by atoms with Crippen molar-refractivity contribution in [2.75, 3.05) is 13.2 Å². The number of nitrogens with one attached hydrogen (secondary N) is 1. The van der Waals surface area contributed by atoms with Crippen molar-refractivity contribution >= 4 is 0 Å². The van der Waals surface area contributed by atoms with Crippen LogP contribution in [0.25, 0.3) is 0 Å². The van der Waals surface area contributed by atoms with Gasteiger partial charge in [-0.1, -0.05) is 25.1 Å². The molecule has 0 spiro atoms. The van der Waals surface area contributed by atoms with Gasteiger partial charge in [-0.15, -0.1) is 13.2 Å². The lowest BCUT2D eigenvalue weighted by Crippen LogP contribution is -2.32. The van der Waals surface area contributed by atoms with Crippen LogP contribution in [0, 0.1) is 5.92 Å². The van der Waals surface area contributed by atoms with Gasteiger partial charge in [-0.2, -0.15) is 0 Å². The fourth-order valence-electron chi connectivity index (χ4n) is 2.85. The smallest absolute Gasteiger partial charge is 0.405 e.